The second-order valence-electron chi connectivity index (χ2n) is 11.6. The number of ether oxygens (including phenoxy) is 1. The van der Waals surface area contributed by atoms with Crippen LogP contribution in [0, 0.1) is 20.8 Å². The van der Waals surface area contributed by atoms with E-state index in [1.165, 1.54) is 76.6 Å². The fourth-order valence-corrected chi connectivity index (χ4v) is 8.26. The molecule has 3 aliphatic rings. The molecule has 0 amide bonds. The molecule has 1 aromatic heterocycles. The number of pyridine rings is 1. The van der Waals surface area contributed by atoms with Crippen LogP contribution in [-0.2, 0) is 11.2 Å². The van der Waals surface area contributed by atoms with E-state index in [1.54, 1.807) is 11.8 Å². The molecule has 2 heterocycles. The summed E-state index contributed by atoms with van der Waals surface area (Å²) in [5, 5.41) is 9.22. The van der Waals surface area contributed by atoms with Crippen LogP contribution in [0.25, 0.3) is 11.1 Å². The molecule has 2 aromatic carbocycles. The number of aliphatic carboxylic acids is 1. The Balaban J connectivity index is 1.28. The molecule has 5 heteroatoms. The molecule has 0 radical (unpaired) electrons. The van der Waals surface area contributed by atoms with Gasteiger partial charge in [0.05, 0.1) is 6.42 Å². The van der Waals surface area contributed by atoms with Crippen LogP contribution in [0.15, 0.2) is 41.4 Å². The third kappa shape index (κ3) is 4.86. The van der Waals surface area contributed by atoms with Crippen LogP contribution in [0.3, 0.4) is 0 Å². The Hall–Kier alpha value is -2.79. The molecule has 2 aliphatic carbocycles. The van der Waals surface area contributed by atoms with Crippen LogP contribution in [-0.4, -0.2) is 21.8 Å². The zero-order valence-electron chi connectivity index (χ0n) is 22.7. The minimum atomic E-state index is -0.758. The SMILES string of the molecule is Cc1cc(-c2c(C)cc(C3CCCCC3)cc2C)c2c(c1)C(Oc1cc3c(cn1)C(CC(=O)O)CS3)CC2. The maximum absolute atomic E-state index is 11.2. The monoisotopic (exact) mass is 527 g/mol. The quantitative estimate of drug-likeness (QED) is 0.348. The summed E-state index contributed by atoms with van der Waals surface area (Å²) in [7, 11) is 0. The summed E-state index contributed by atoms with van der Waals surface area (Å²) in [5.74, 6) is 1.42. The first-order chi connectivity index (χ1) is 18.4. The molecular formula is C33H37NO3S. The number of carboxylic acid groups (broad SMARTS) is 1. The molecule has 2 unspecified atom stereocenters. The summed E-state index contributed by atoms with van der Waals surface area (Å²) in [6, 6.07) is 11.6. The van der Waals surface area contributed by atoms with Crippen LogP contribution in [0.1, 0.15) is 102 Å². The zero-order valence-corrected chi connectivity index (χ0v) is 23.5. The first kappa shape index (κ1) is 25.5. The lowest BCUT2D eigenvalue weighted by molar-refractivity contribution is -0.137. The summed E-state index contributed by atoms with van der Waals surface area (Å²) in [6.45, 7) is 6.76. The molecule has 3 aromatic rings. The molecule has 198 valence electrons. The molecule has 6 rings (SSSR count). The number of fused-ring (bicyclic) bond motifs is 2. The second-order valence-corrected chi connectivity index (χ2v) is 12.6. The smallest absolute Gasteiger partial charge is 0.303 e. The Morgan fingerprint density at radius 2 is 1.76 bits per heavy atom. The highest BCUT2D eigenvalue weighted by Crippen LogP contribution is 2.46. The normalized spacial score (nSPS) is 20.8. The van der Waals surface area contributed by atoms with Gasteiger partial charge in [0.25, 0.3) is 0 Å². The van der Waals surface area contributed by atoms with Crippen LogP contribution in [0.2, 0.25) is 0 Å². The summed E-state index contributed by atoms with van der Waals surface area (Å²) in [6.07, 6.45) is 10.7. The van der Waals surface area contributed by atoms with Gasteiger partial charge < -0.3 is 9.84 Å². The standard InChI is InChI=1S/C33H37NO3S/c1-19-11-26-25(27(12-19)33-20(2)13-23(14-21(33)3)22-7-5-4-6-8-22)9-10-29(26)37-31-16-30-28(17-34-31)24(18-38-30)15-32(35)36/h11-14,16-17,22,24,29H,4-10,15,18H2,1-3H3,(H,35,36). The zero-order chi connectivity index (χ0) is 26.4. The van der Waals surface area contributed by atoms with Crippen LogP contribution in [0.4, 0.5) is 0 Å². The molecule has 1 N–H and O–H groups in total. The summed E-state index contributed by atoms with van der Waals surface area (Å²) in [5.41, 5.74) is 12.1. The first-order valence-electron chi connectivity index (χ1n) is 14.1. The lowest BCUT2D eigenvalue weighted by atomic mass is 9.81. The van der Waals surface area contributed by atoms with E-state index in [9.17, 15) is 9.90 Å². The molecule has 38 heavy (non-hydrogen) atoms. The molecule has 4 nitrogen and oxygen atoms in total. The Kier molecular flexibility index (Phi) is 6.98. The molecule has 2 atom stereocenters. The van der Waals surface area contributed by atoms with Crippen molar-refractivity contribution in [3.05, 3.63) is 75.5 Å². The van der Waals surface area contributed by atoms with Crippen molar-refractivity contribution in [1.29, 1.82) is 0 Å². The number of aromatic nitrogens is 1. The summed E-state index contributed by atoms with van der Waals surface area (Å²) >= 11 is 1.71. The minimum absolute atomic E-state index is 0.0162. The van der Waals surface area contributed by atoms with Gasteiger partial charge in [0.1, 0.15) is 6.10 Å². The molecule has 1 saturated carbocycles. The number of carbonyl (C=O) groups is 1. The van der Waals surface area contributed by atoms with Crippen molar-refractivity contribution >= 4 is 17.7 Å². The van der Waals surface area contributed by atoms with E-state index in [0.29, 0.717) is 11.8 Å². The molecule has 0 spiro atoms. The van der Waals surface area contributed by atoms with Gasteiger partial charge in [0.2, 0.25) is 5.88 Å². The van der Waals surface area contributed by atoms with E-state index in [0.717, 1.165) is 29.1 Å². The van der Waals surface area contributed by atoms with Gasteiger partial charge >= 0.3 is 5.97 Å². The van der Waals surface area contributed by atoms with Gasteiger partial charge in [-0.05, 0) is 96.9 Å². The van der Waals surface area contributed by atoms with E-state index in [2.05, 4.69) is 50.0 Å². The molecule has 0 bridgehead atoms. The number of hydrogen-bond acceptors (Lipinski definition) is 4. The maximum Gasteiger partial charge on any atom is 0.303 e. The van der Waals surface area contributed by atoms with Crippen molar-refractivity contribution in [1.82, 2.24) is 4.98 Å². The molecular weight excluding hydrogens is 490 g/mol. The van der Waals surface area contributed by atoms with Gasteiger partial charge in [0, 0.05) is 28.8 Å². The van der Waals surface area contributed by atoms with Crippen molar-refractivity contribution in [2.24, 2.45) is 0 Å². The van der Waals surface area contributed by atoms with E-state index in [4.69, 9.17) is 4.74 Å². The third-order valence-electron chi connectivity index (χ3n) is 8.77. The number of thioether (sulfide) groups is 1. The van der Waals surface area contributed by atoms with Gasteiger partial charge in [-0.25, -0.2) is 4.98 Å². The van der Waals surface area contributed by atoms with Gasteiger partial charge in [0.15, 0.2) is 0 Å². The lowest BCUT2D eigenvalue weighted by Gasteiger charge is -2.24. The van der Waals surface area contributed by atoms with Gasteiger partial charge in [-0.2, -0.15) is 0 Å². The topological polar surface area (TPSA) is 59.4 Å². The maximum atomic E-state index is 11.2. The molecule has 1 aliphatic heterocycles. The number of rotatable bonds is 6. The number of hydrogen-bond donors (Lipinski definition) is 1. The molecule has 0 saturated heterocycles. The van der Waals surface area contributed by atoms with E-state index < -0.39 is 5.97 Å². The Morgan fingerprint density at radius 1 is 1.00 bits per heavy atom. The Bertz CT molecular complexity index is 1370. The fourth-order valence-electron chi connectivity index (χ4n) is 7.01. The number of benzene rings is 2. The average Bonchev–Trinajstić information content (AvgIpc) is 3.47. The summed E-state index contributed by atoms with van der Waals surface area (Å²) in [4.78, 5) is 16.9. The minimum Gasteiger partial charge on any atom is -0.481 e. The van der Waals surface area contributed by atoms with Gasteiger partial charge in [-0.1, -0.05) is 49.1 Å². The van der Waals surface area contributed by atoms with Crippen LogP contribution in [0.5, 0.6) is 5.88 Å². The summed E-state index contributed by atoms with van der Waals surface area (Å²) < 4.78 is 6.51. The molecule has 1 fully saturated rings. The van der Waals surface area contributed by atoms with Crippen molar-refractivity contribution in [2.75, 3.05) is 5.75 Å². The Labute approximate surface area is 230 Å². The van der Waals surface area contributed by atoms with Gasteiger partial charge in [-0.15, -0.1) is 11.8 Å². The van der Waals surface area contributed by atoms with Gasteiger partial charge in [-0.3, -0.25) is 4.79 Å². The van der Waals surface area contributed by atoms with E-state index in [1.807, 2.05) is 12.3 Å². The highest BCUT2D eigenvalue weighted by molar-refractivity contribution is 7.99. The number of aryl methyl sites for hydroxylation is 3. The van der Waals surface area contributed by atoms with Crippen molar-refractivity contribution < 1.29 is 14.6 Å². The van der Waals surface area contributed by atoms with Crippen molar-refractivity contribution in [3.63, 3.8) is 0 Å². The largest absolute Gasteiger partial charge is 0.481 e. The van der Waals surface area contributed by atoms with Crippen LogP contribution < -0.4 is 4.74 Å². The fraction of sp³-hybridized carbons (Fsp3) is 0.455. The van der Waals surface area contributed by atoms with E-state index >= 15 is 0 Å². The first-order valence-corrected chi connectivity index (χ1v) is 15.1. The highest BCUT2D eigenvalue weighted by Gasteiger charge is 2.30. The lowest BCUT2D eigenvalue weighted by Crippen LogP contribution is -2.08. The number of nitrogens with zero attached hydrogens (tertiary/aromatic N) is 1. The van der Waals surface area contributed by atoms with Crippen molar-refractivity contribution in [2.45, 2.75) is 95.0 Å². The average molecular weight is 528 g/mol. The van der Waals surface area contributed by atoms with Crippen LogP contribution >= 0.6 is 11.8 Å². The van der Waals surface area contributed by atoms with Crippen molar-refractivity contribution in [3.8, 4) is 17.0 Å². The Morgan fingerprint density at radius 3 is 2.50 bits per heavy atom. The third-order valence-corrected chi connectivity index (χ3v) is 10.0. The number of carboxylic acids is 1. The van der Waals surface area contributed by atoms with E-state index in [-0.39, 0.29) is 18.4 Å². The predicted octanol–water partition coefficient (Wildman–Crippen LogP) is 8.45. The highest BCUT2D eigenvalue weighted by atomic mass is 32.2. The second kappa shape index (κ2) is 10.4. The predicted molar refractivity (Wildman–Crippen MR) is 154 cm³/mol.